The minimum atomic E-state index is -0.163. The van der Waals surface area contributed by atoms with Gasteiger partial charge in [0.15, 0.2) is 19.0 Å². The maximum absolute atomic E-state index is 12.2. The van der Waals surface area contributed by atoms with E-state index in [0.717, 1.165) is 25.1 Å². The Kier molecular flexibility index (Phi) is 18.2. The highest BCUT2D eigenvalue weighted by molar-refractivity contribution is 6.32. The molecule has 0 atom stereocenters. The van der Waals surface area contributed by atoms with Crippen molar-refractivity contribution in [1.82, 2.24) is 5.32 Å². The largest absolute Gasteiger partial charge is 0.494 e. The number of rotatable bonds is 23. The molecule has 2 aromatic rings. The Morgan fingerprint density at radius 1 is 0.846 bits per heavy atom. The van der Waals surface area contributed by atoms with Crippen LogP contribution in [0.1, 0.15) is 109 Å². The molecule has 0 aliphatic heterocycles. The van der Waals surface area contributed by atoms with Crippen LogP contribution in [0, 0.1) is 0 Å². The predicted octanol–water partition coefficient (Wildman–Crippen LogP) is 8.25. The Morgan fingerprint density at radius 2 is 1.49 bits per heavy atom. The van der Waals surface area contributed by atoms with E-state index in [1.165, 1.54) is 89.0 Å². The lowest BCUT2D eigenvalue weighted by Gasteiger charge is -2.11. The zero-order valence-corrected chi connectivity index (χ0v) is 25.3. The number of nitrogens with zero attached hydrogens (tertiary/aromatic N) is 1. The first kappa shape index (κ1) is 32.9. The fourth-order valence-electron chi connectivity index (χ4n) is 4.64. The van der Waals surface area contributed by atoms with Gasteiger partial charge in [-0.15, -0.1) is 0 Å². The van der Waals surface area contributed by atoms with E-state index in [9.17, 15) is 4.79 Å². The smallest absolute Gasteiger partial charge is 0.257 e. The molecule has 0 spiro atoms. The average Bonchev–Trinajstić information content (AvgIpc) is 2.94. The third kappa shape index (κ3) is 15.8. The Hall–Kier alpha value is -2.27. The summed E-state index contributed by atoms with van der Waals surface area (Å²) in [5.41, 5.74) is 1.19. The molecule has 2 rings (SSSR count). The molecule has 6 heteroatoms. The van der Waals surface area contributed by atoms with Crippen molar-refractivity contribution in [3.63, 3.8) is 0 Å². The quantitative estimate of drug-likeness (QED) is 0.110. The molecule has 1 amide bonds. The molecule has 0 aliphatic rings. The van der Waals surface area contributed by atoms with Crippen molar-refractivity contribution in [2.75, 3.05) is 19.8 Å². The molecule has 0 saturated carbocycles. The molecule has 1 aromatic heterocycles. The maximum atomic E-state index is 12.2. The van der Waals surface area contributed by atoms with Gasteiger partial charge in [-0.25, -0.2) is 4.57 Å². The second kappa shape index (κ2) is 21.5. The second-order valence-corrected chi connectivity index (χ2v) is 10.9. The first-order chi connectivity index (χ1) is 19.1. The van der Waals surface area contributed by atoms with Crippen LogP contribution in [-0.2, 0) is 17.8 Å². The number of carbonyl (C=O) groups excluding carboxylic acids is 1. The van der Waals surface area contributed by atoms with Gasteiger partial charge in [0, 0.05) is 24.2 Å². The van der Waals surface area contributed by atoms with Crippen molar-refractivity contribution in [2.45, 2.75) is 117 Å². The van der Waals surface area contributed by atoms with Gasteiger partial charge in [-0.05, 0) is 38.0 Å². The molecule has 0 unspecified atom stereocenters. The zero-order chi connectivity index (χ0) is 28.0. The number of ether oxygens (including phenoxy) is 2. The number of nitrogens with one attached hydrogen (secondary N) is 1. The molecule has 0 saturated heterocycles. The Labute approximate surface area is 242 Å². The summed E-state index contributed by atoms with van der Waals surface area (Å²) in [5, 5.41) is 3.35. The molecule has 0 fully saturated rings. The van der Waals surface area contributed by atoms with Crippen molar-refractivity contribution >= 4 is 17.5 Å². The summed E-state index contributed by atoms with van der Waals surface area (Å²) in [6.07, 6.45) is 23.7. The zero-order valence-electron chi connectivity index (χ0n) is 24.5. The van der Waals surface area contributed by atoms with Crippen molar-refractivity contribution < 1.29 is 18.8 Å². The minimum absolute atomic E-state index is 0.0667. The number of amides is 1. The Balaban J connectivity index is 1.47. The molecular weight excluding hydrogens is 508 g/mol. The van der Waals surface area contributed by atoms with E-state index >= 15 is 0 Å². The van der Waals surface area contributed by atoms with Gasteiger partial charge in [-0.2, -0.15) is 0 Å². The summed E-state index contributed by atoms with van der Waals surface area (Å²) >= 11 is 6.36. The number of halogens is 1. The van der Waals surface area contributed by atoms with Crippen LogP contribution < -0.4 is 19.4 Å². The molecule has 1 heterocycles. The average molecular weight is 560 g/mol. The maximum Gasteiger partial charge on any atom is 0.257 e. The summed E-state index contributed by atoms with van der Waals surface area (Å²) in [6, 6.07) is 9.47. The normalized spacial score (nSPS) is 10.9. The highest BCUT2D eigenvalue weighted by Gasteiger charge is 2.08. The number of hydrogen-bond donors (Lipinski definition) is 1. The van der Waals surface area contributed by atoms with Crippen LogP contribution in [0.15, 0.2) is 42.7 Å². The SMILES string of the molecule is CCCCCCCCCCCCCCCCOc1ccc(OCC(=O)NCCc2ccc[n+](CC)c2)c(Cl)c1. The number of aryl methyl sites for hydroxylation is 1. The van der Waals surface area contributed by atoms with Crippen LogP contribution in [0.4, 0.5) is 0 Å². The van der Waals surface area contributed by atoms with E-state index in [1.807, 2.05) is 18.3 Å². The first-order valence-corrected chi connectivity index (χ1v) is 15.8. The van der Waals surface area contributed by atoms with Gasteiger partial charge in [0.1, 0.15) is 18.0 Å². The van der Waals surface area contributed by atoms with Gasteiger partial charge in [0.05, 0.1) is 11.6 Å². The van der Waals surface area contributed by atoms with Gasteiger partial charge in [-0.3, -0.25) is 4.79 Å². The number of aromatic nitrogens is 1. The molecule has 5 nitrogen and oxygen atoms in total. The lowest BCUT2D eigenvalue weighted by atomic mass is 10.0. The van der Waals surface area contributed by atoms with Crippen LogP contribution >= 0.6 is 11.6 Å². The fourth-order valence-corrected chi connectivity index (χ4v) is 4.86. The lowest BCUT2D eigenvalue weighted by Crippen LogP contribution is -2.33. The van der Waals surface area contributed by atoms with E-state index in [4.69, 9.17) is 21.1 Å². The van der Waals surface area contributed by atoms with Crippen molar-refractivity contribution in [3.05, 3.63) is 53.3 Å². The van der Waals surface area contributed by atoms with Crippen molar-refractivity contribution in [3.8, 4) is 11.5 Å². The monoisotopic (exact) mass is 559 g/mol. The number of benzene rings is 1. The van der Waals surface area contributed by atoms with Crippen molar-refractivity contribution in [1.29, 1.82) is 0 Å². The minimum Gasteiger partial charge on any atom is -0.494 e. The summed E-state index contributed by atoms with van der Waals surface area (Å²) < 4.78 is 13.6. The van der Waals surface area contributed by atoms with Crippen LogP contribution in [0.3, 0.4) is 0 Å². The summed E-state index contributed by atoms with van der Waals surface area (Å²) in [5.74, 6) is 1.06. The summed E-state index contributed by atoms with van der Waals surface area (Å²) in [6.45, 7) is 6.50. The molecule has 0 bridgehead atoms. The van der Waals surface area contributed by atoms with Crippen LogP contribution in [0.5, 0.6) is 11.5 Å². The lowest BCUT2D eigenvalue weighted by molar-refractivity contribution is -0.694. The third-order valence-electron chi connectivity index (χ3n) is 7.05. The number of unbranched alkanes of at least 4 members (excludes halogenated alkanes) is 13. The van der Waals surface area contributed by atoms with E-state index in [2.05, 4.69) is 36.0 Å². The Morgan fingerprint density at radius 3 is 2.10 bits per heavy atom. The fraction of sp³-hybridized carbons (Fsp3) is 0.636. The highest BCUT2D eigenvalue weighted by Crippen LogP contribution is 2.29. The molecule has 1 N–H and O–H groups in total. The van der Waals surface area contributed by atoms with Crippen LogP contribution in [-0.4, -0.2) is 25.7 Å². The third-order valence-corrected chi connectivity index (χ3v) is 7.34. The molecule has 218 valence electrons. The molecular formula is C33H52ClN2O3+. The predicted molar refractivity (Wildman–Crippen MR) is 162 cm³/mol. The van der Waals surface area contributed by atoms with Gasteiger partial charge in [0.2, 0.25) is 0 Å². The number of pyridine rings is 1. The van der Waals surface area contributed by atoms with Gasteiger partial charge < -0.3 is 14.8 Å². The first-order valence-electron chi connectivity index (χ1n) is 15.4. The van der Waals surface area contributed by atoms with Crippen LogP contribution in [0.2, 0.25) is 5.02 Å². The molecule has 39 heavy (non-hydrogen) atoms. The summed E-state index contributed by atoms with van der Waals surface area (Å²) in [4.78, 5) is 12.2. The number of hydrogen-bond acceptors (Lipinski definition) is 3. The van der Waals surface area contributed by atoms with Crippen LogP contribution in [0.25, 0.3) is 0 Å². The van der Waals surface area contributed by atoms with E-state index in [-0.39, 0.29) is 12.5 Å². The highest BCUT2D eigenvalue weighted by atomic mass is 35.5. The van der Waals surface area contributed by atoms with E-state index in [0.29, 0.717) is 23.9 Å². The molecule has 1 aromatic carbocycles. The van der Waals surface area contributed by atoms with E-state index in [1.54, 1.807) is 12.1 Å². The molecule has 0 aliphatic carbocycles. The van der Waals surface area contributed by atoms with Crippen molar-refractivity contribution in [2.24, 2.45) is 0 Å². The summed E-state index contributed by atoms with van der Waals surface area (Å²) in [7, 11) is 0. The van der Waals surface area contributed by atoms with E-state index < -0.39 is 0 Å². The number of carbonyl (C=O) groups is 1. The Bertz CT molecular complexity index is 922. The topological polar surface area (TPSA) is 51.4 Å². The standard InChI is InChI=1S/C33H51ClN2O3/c1-3-5-6-7-8-9-10-11-12-13-14-15-16-17-25-38-30-20-21-32(31(34)26-30)39-28-33(37)35-23-22-29-19-18-24-36(4-2)27-29/h18-21,24,26-27H,3-17,22-23,25,28H2,1-2H3/p+1. The van der Waals surface area contributed by atoms with Gasteiger partial charge in [0.25, 0.3) is 5.91 Å². The van der Waals surface area contributed by atoms with Gasteiger partial charge in [-0.1, -0.05) is 102 Å². The molecule has 0 radical (unpaired) electrons. The van der Waals surface area contributed by atoms with Gasteiger partial charge >= 0.3 is 0 Å². The second-order valence-electron chi connectivity index (χ2n) is 10.5.